The molecule has 1 atom stereocenters. The SMILES string of the molecule is CCNC(=NCC(C)COCc1ccccc1)NCCn1ccnc1.I. The molecule has 0 spiro atoms. The molecule has 0 bridgehead atoms. The van der Waals surface area contributed by atoms with Crippen LogP contribution in [0.15, 0.2) is 54.0 Å². The number of aliphatic imine (C=N–C) groups is 1. The number of aromatic nitrogens is 2. The van der Waals surface area contributed by atoms with E-state index in [4.69, 9.17) is 4.74 Å². The van der Waals surface area contributed by atoms with Gasteiger partial charge in [-0.3, -0.25) is 4.99 Å². The van der Waals surface area contributed by atoms with E-state index in [-0.39, 0.29) is 24.0 Å². The monoisotopic (exact) mass is 471 g/mol. The minimum Gasteiger partial charge on any atom is -0.376 e. The van der Waals surface area contributed by atoms with E-state index in [2.05, 4.69) is 46.6 Å². The Kier molecular flexibility index (Phi) is 11.7. The first-order valence-electron chi connectivity index (χ1n) is 8.87. The number of benzene rings is 1. The van der Waals surface area contributed by atoms with Gasteiger partial charge in [0, 0.05) is 38.6 Å². The summed E-state index contributed by atoms with van der Waals surface area (Å²) in [5.41, 5.74) is 1.20. The minimum atomic E-state index is 0. The molecule has 0 saturated heterocycles. The van der Waals surface area contributed by atoms with Crippen LogP contribution in [0.4, 0.5) is 0 Å². The van der Waals surface area contributed by atoms with Crippen molar-refractivity contribution >= 4 is 29.9 Å². The number of imidazole rings is 1. The summed E-state index contributed by atoms with van der Waals surface area (Å²) in [6.07, 6.45) is 5.56. The van der Waals surface area contributed by atoms with Gasteiger partial charge in [-0.2, -0.15) is 0 Å². The summed E-state index contributed by atoms with van der Waals surface area (Å²) in [5.74, 6) is 1.21. The molecule has 0 saturated carbocycles. The maximum absolute atomic E-state index is 5.78. The lowest BCUT2D eigenvalue weighted by atomic mass is 10.2. The van der Waals surface area contributed by atoms with Crippen LogP contribution in [0.2, 0.25) is 0 Å². The molecule has 0 aliphatic heterocycles. The number of halogens is 1. The Balaban J connectivity index is 0.00000338. The smallest absolute Gasteiger partial charge is 0.191 e. The minimum absolute atomic E-state index is 0. The fourth-order valence-corrected chi connectivity index (χ4v) is 2.32. The highest BCUT2D eigenvalue weighted by Crippen LogP contribution is 2.03. The second-order valence-corrected chi connectivity index (χ2v) is 6.05. The predicted molar refractivity (Wildman–Crippen MR) is 117 cm³/mol. The van der Waals surface area contributed by atoms with Gasteiger partial charge in [-0.15, -0.1) is 24.0 Å². The highest BCUT2D eigenvalue weighted by atomic mass is 127. The van der Waals surface area contributed by atoms with Crippen molar-refractivity contribution in [3.63, 3.8) is 0 Å². The third kappa shape index (κ3) is 9.19. The van der Waals surface area contributed by atoms with Gasteiger partial charge in [0.2, 0.25) is 0 Å². The Morgan fingerprint density at radius 3 is 2.77 bits per heavy atom. The maximum atomic E-state index is 5.78. The van der Waals surface area contributed by atoms with Gasteiger partial charge in [-0.25, -0.2) is 4.98 Å². The van der Waals surface area contributed by atoms with Crippen molar-refractivity contribution < 1.29 is 4.74 Å². The molecule has 144 valence electrons. The first-order chi connectivity index (χ1) is 12.3. The fraction of sp³-hybridized carbons (Fsp3) is 0.474. The summed E-state index contributed by atoms with van der Waals surface area (Å²) in [4.78, 5) is 8.69. The van der Waals surface area contributed by atoms with Crippen molar-refractivity contribution in [3.05, 3.63) is 54.6 Å². The highest BCUT2D eigenvalue weighted by molar-refractivity contribution is 14.0. The van der Waals surface area contributed by atoms with Crippen molar-refractivity contribution in [2.45, 2.75) is 27.0 Å². The summed E-state index contributed by atoms with van der Waals surface area (Å²) < 4.78 is 7.82. The van der Waals surface area contributed by atoms with E-state index < -0.39 is 0 Å². The molecular weight excluding hydrogens is 441 g/mol. The first-order valence-corrected chi connectivity index (χ1v) is 8.87. The number of hydrogen-bond acceptors (Lipinski definition) is 3. The van der Waals surface area contributed by atoms with Crippen molar-refractivity contribution in [1.82, 2.24) is 20.2 Å². The van der Waals surface area contributed by atoms with Gasteiger partial charge in [-0.1, -0.05) is 37.3 Å². The van der Waals surface area contributed by atoms with Gasteiger partial charge in [-0.05, 0) is 18.4 Å². The van der Waals surface area contributed by atoms with Crippen molar-refractivity contribution in [2.75, 3.05) is 26.2 Å². The molecule has 2 N–H and O–H groups in total. The van der Waals surface area contributed by atoms with E-state index in [0.29, 0.717) is 19.1 Å². The Hall–Kier alpha value is -1.61. The van der Waals surface area contributed by atoms with Crippen LogP contribution in [0.25, 0.3) is 0 Å². The molecule has 7 heteroatoms. The number of hydrogen-bond donors (Lipinski definition) is 2. The van der Waals surface area contributed by atoms with Crippen LogP contribution in [0.1, 0.15) is 19.4 Å². The number of ether oxygens (including phenoxy) is 1. The van der Waals surface area contributed by atoms with Crippen LogP contribution >= 0.6 is 24.0 Å². The van der Waals surface area contributed by atoms with E-state index in [0.717, 1.165) is 32.1 Å². The average Bonchev–Trinajstić information content (AvgIpc) is 3.14. The molecule has 0 fully saturated rings. The topological polar surface area (TPSA) is 63.5 Å². The molecule has 26 heavy (non-hydrogen) atoms. The summed E-state index contributed by atoms with van der Waals surface area (Å²) in [5, 5.41) is 6.62. The Morgan fingerprint density at radius 2 is 2.08 bits per heavy atom. The van der Waals surface area contributed by atoms with Gasteiger partial charge >= 0.3 is 0 Å². The van der Waals surface area contributed by atoms with Crippen LogP contribution in [0.5, 0.6) is 0 Å². The van der Waals surface area contributed by atoms with Crippen molar-refractivity contribution in [2.24, 2.45) is 10.9 Å². The largest absolute Gasteiger partial charge is 0.376 e. The Labute approximate surface area is 173 Å². The third-order valence-electron chi connectivity index (χ3n) is 3.64. The number of rotatable bonds is 10. The normalized spacial score (nSPS) is 12.3. The van der Waals surface area contributed by atoms with Gasteiger partial charge in [0.25, 0.3) is 0 Å². The van der Waals surface area contributed by atoms with E-state index >= 15 is 0 Å². The molecule has 0 amide bonds. The van der Waals surface area contributed by atoms with Gasteiger partial charge in [0.15, 0.2) is 5.96 Å². The van der Waals surface area contributed by atoms with Crippen LogP contribution in [-0.2, 0) is 17.9 Å². The van der Waals surface area contributed by atoms with Crippen LogP contribution in [0, 0.1) is 5.92 Å². The van der Waals surface area contributed by atoms with Crippen molar-refractivity contribution in [1.29, 1.82) is 0 Å². The zero-order valence-electron chi connectivity index (χ0n) is 15.6. The van der Waals surface area contributed by atoms with E-state index in [1.54, 1.807) is 6.20 Å². The lowest BCUT2D eigenvalue weighted by Gasteiger charge is -2.14. The lowest BCUT2D eigenvalue weighted by Crippen LogP contribution is -2.39. The zero-order valence-corrected chi connectivity index (χ0v) is 17.9. The summed E-state index contributed by atoms with van der Waals surface area (Å²) in [7, 11) is 0. The third-order valence-corrected chi connectivity index (χ3v) is 3.64. The lowest BCUT2D eigenvalue weighted by molar-refractivity contribution is 0.0945. The van der Waals surface area contributed by atoms with E-state index in [1.165, 1.54) is 5.56 Å². The fourth-order valence-electron chi connectivity index (χ4n) is 2.32. The van der Waals surface area contributed by atoms with Crippen LogP contribution in [0.3, 0.4) is 0 Å². The van der Waals surface area contributed by atoms with Crippen molar-refractivity contribution in [3.8, 4) is 0 Å². The first kappa shape index (κ1) is 22.4. The molecule has 0 aliphatic rings. The average molecular weight is 471 g/mol. The second-order valence-electron chi connectivity index (χ2n) is 6.05. The van der Waals surface area contributed by atoms with Crippen LogP contribution in [-0.4, -0.2) is 41.8 Å². The molecule has 1 unspecified atom stereocenters. The molecule has 1 aromatic carbocycles. The number of nitrogens with zero attached hydrogens (tertiary/aromatic N) is 3. The zero-order chi connectivity index (χ0) is 17.7. The molecule has 2 aromatic rings. The quantitative estimate of drug-likeness (QED) is 0.318. The molecule has 1 heterocycles. The number of guanidine groups is 1. The van der Waals surface area contributed by atoms with Gasteiger partial charge in [0.05, 0.1) is 19.5 Å². The molecule has 1 aromatic heterocycles. The van der Waals surface area contributed by atoms with E-state index in [9.17, 15) is 0 Å². The maximum Gasteiger partial charge on any atom is 0.191 e. The summed E-state index contributed by atoms with van der Waals surface area (Å²) >= 11 is 0. The summed E-state index contributed by atoms with van der Waals surface area (Å²) in [6, 6.07) is 10.2. The molecular formula is C19H30IN5O. The molecule has 2 rings (SSSR count). The molecule has 6 nitrogen and oxygen atoms in total. The molecule has 0 radical (unpaired) electrons. The number of nitrogens with one attached hydrogen (secondary N) is 2. The van der Waals surface area contributed by atoms with Gasteiger partial charge in [0.1, 0.15) is 0 Å². The highest BCUT2D eigenvalue weighted by Gasteiger charge is 2.04. The Morgan fingerprint density at radius 1 is 1.27 bits per heavy atom. The van der Waals surface area contributed by atoms with Gasteiger partial charge < -0.3 is 19.9 Å². The molecule has 0 aliphatic carbocycles. The predicted octanol–water partition coefficient (Wildman–Crippen LogP) is 2.91. The second kappa shape index (κ2) is 13.6. The van der Waals surface area contributed by atoms with Crippen LogP contribution < -0.4 is 10.6 Å². The summed E-state index contributed by atoms with van der Waals surface area (Å²) in [6.45, 7) is 8.82. The standard InChI is InChI=1S/C19H29N5O.HI/c1-3-21-19(22-10-12-24-11-9-20-16-24)23-13-17(2)14-25-15-18-7-5-4-6-8-18;/h4-9,11,16-17H,3,10,12-15H2,1-2H3,(H2,21,22,23);1H. The van der Waals surface area contributed by atoms with E-state index in [1.807, 2.05) is 35.3 Å². The Bertz CT molecular complexity index is 604.